The molecule has 3 heteroatoms. The highest BCUT2D eigenvalue weighted by Gasteiger charge is 2.02. The van der Waals surface area contributed by atoms with Crippen LogP contribution in [0.1, 0.15) is 38.4 Å². The molecule has 0 amide bonds. The Hall–Kier alpha value is -1.09. The zero-order chi connectivity index (χ0) is 12.8. The standard InChI is InChI=1S/C14H25N3/c1-6-13(9-15-8-11(2)3)7-14-10-17(5)16-12(14)4/h7,10-11,15H,6,8-9H2,1-5H3. The maximum absolute atomic E-state index is 4.36. The van der Waals surface area contributed by atoms with Crippen molar-refractivity contribution in [1.82, 2.24) is 15.1 Å². The molecule has 1 rings (SSSR count). The van der Waals surface area contributed by atoms with Gasteiger partial charge in [0.15, 0.2) is 0 Å². The highest BCUT2D eigenvalue weighted by molar-refractivity contribution is 5.54. The van der Waals surface area contributed by atoms with Gasteiger partial charge in [0, 0.05) is 25.4 Å². The molecule has 0 aromatic carbocycles. The van der Waals surface area contributed by atoms with Gasteiger partial charge in [0.05, 0.1) is 5.69 Å². The Labute approximate surface area is 105 Å². The molecule has 1 aromatic heterocycles. The first kappa shape index (κ1) is 14.0. The molecule has 0 saturated heterocycles. The third kappa shape index (κ3) is 4.73. The second kappa shape index (κ2) is 6.60. The molecule has 96 valence electrons. The number of hydrogen-bond acceptors (Lipinski definition) is 2. The summed E-state index contributed by atoms with van der Waals surface area (Å²) in [5.74, 6) is 0.702. The van der Waals surface area contributed by atoms with Gasteiger partial charge in [-0.25, -0.2) is 0 Å². The molecule has 1 aromatic rings. The monoisotopic (exact) mass is 235 g/mol. The molecule has 17 heavy (non-hydrogen) atoms. The molecular formula is C14H25N3. The van der Waals surface area contributed by atoms with Crippen molar-refractivity contribution < 1.29 is 0 Å². The predicted octanol–water partition coefficient (Wildman–Crippen LogP) is 2.77. The highest BCUT2D eigenvalue weighted by atomic mass is 15.2. The van der Waals surface area contributed by atoms with Gasteiger partial charge in [0.1, 0.15) is 0 Å². The van der Waals surface area contributed by atoms with Gasteiger partial charge in [0.2, 0.25) is 0 Å². The first-order valence-electron chi connectivity index (χ1n) is 6.43. The summed E-state index contributed by atoms with van der Waals surface area (Å²) in [5.41, 5.74) is 3.76. The van der Waals surface area contributed by atoms with E-state index >= 15 is 0 Å². The van der Waals surface area contributed by atoms with E-state index in [4.69, 9.17) is 0 Å². The smallest absolute Gasteiger partial charge is 0.0665 e. The van der Waals surface area contributed by atoms with E-state index in [1.807, 2.05) is 11.7 Å². The summed E-state index contributed by atoms with van der Waals surface area (Å²) in [6.45, 7) is 10.8. The van der Waals surface area contributed by atoms with Crippen LogP contribution in [-0.4, -0.2) is 22.9 Å². The lowest BCUT2D eigenvalue weighted by Crippen LogP contribution is -2.21. The average Bonchev–Trinajstić information content (AvgIpc) is 2.55. The fourth-order valence-electron chi connectivity index (χ4n) is 1.78. The van der Waals surface area contributed by atoms with Crippen molar-refractivity contribution in [2.75, 3.05) is 13.1 Å². The van der Waals surface area contributed by atoms with Gasteiger partial charge in [-0.15, -0.1) is 0 Å². The van der Waals surface area contributed by atoms with Crippen LogP contribution in [0.5, 0.6) is 0 Å². The van der Waals surface area contributed by atoms with Crippen molar-refractivity contribution >= 4 is 6.08 Å². The molecule has 0 aliphatic rings. The number of aryl methyl sites for hydroxylation is 2. The maximum Gasteiger partial charge on any atom is 0.0665 e. The zero-order valence-corrected chi connectivity index (χ0v) is 11.7. The summed E-state index contributed by atoms with van der Waals surface area (Å²) in [6, 6.07) is 0. The normalized spacial score (nSPS) is 12.5. The first-order valence-corrected chi connectivity index (χ1v) is 6.43. The minimum absolute atomic E-state index is 0.702. The molecule has 0 bridgehead atoms. The quantitative estimate of drug-likeness (QED) is 0.821. The van der Waals surface area contributed by atoms with E-state index in [1.165, 1.54) is 11.1 Å². The SMILES string of the molecule is CCC(=Cc1cn(C)nc1C)CNCC(C)C. The minimum Gasteiger partial charge on any atom is -0.313 e. The van der Waals surface area contributed by atoms with E-state index in [2.05, 4.69) is 50.4 Å². The van der Waals surface area contributed by atoms with Gasteiger partial charge in [-0.05, 0) is 25.8 Å². The van der Waals surface area contributed by atoms with Crippen molar-refractivity contribution in [2.45, 2.75) is 34.1 Å². The molecule has 0 aliphatic carbocycles. The average molecular weight is 235 g/mol. The fraction of sp³-hybridized carbons (Fsp3) is 0.643. The Bertz CT molecular complexity index is 375. The lowest BCUT2D eigenvalue weighted by Gasteiger charge is -2.09. The van der Waals surface area contributed by atoms with Crippen molar-refractivity contribution in [2.24, 2.45) is 13.0 Å². The first-order chi connectivity index (χ1) is 8.02. The Morgan fingerprint density at radius 1 is 1.53 bits per heavy atom. The largest absolute Gasteiger partial charge is 0.313 e. The Kier molecular flexibility index (Phi) is 5.42. The molecule has 0 aliphatic heterocycles. The highest BCUT2D eigenvalue weighted by Crippen LogP contribution is 2.12. The van der Waals surface area contributed by atoms with E-state index in [1.54, 1.807) is 0 Å². The summed E-state index contributed by atoms with van der Waals surface area (Å²) in [5, 5.41) is 7.85. The summed E-state index contributed by atoms with van der Waals surface area (Å²) in [6.07, 6.45) is 5.42. The topological polar surface area (TPSA) is 29.9 Å². The number of hydrogen-bond donors (Lipinski definition) is 1. The van der Waals surface area contributed by atoms with Crippen molar-refractivity contribution in [3.8, 4) is 0 Å². The second-order valence-corrected chi connectivity index (χ2v) is 5.02. The molecule has 0 fully saturated rings. The summed E-state index contributed by atoms with van der Waals surface area (Å²) in [4.78, 5) is 0. The van der Waals surface area contributed by atoms with E-state index in [0.717, 1.165) is 25.2 Å². The molecule has 0 saturated carbocycles. The van der Waals surface area contributed by atoms with Crippen LogP contribution < -0.4 is 5.32 Å². The van der Waals surface area contributed by atoms with Gasteiger partial charge in [-0.3, -0.25) is 4.68 Å². The van der Waals surface area contributed by atoms with Crippen LogP contribution in [0.4, 0.5) is 0 Å². The lowest BCUT2D eigenvalue weighted by atomic mass is 10.1. The minimum atomic E-state index is 0.702. The van der Waals surface area contributed by atoms with Gasteiger partial charge in [0.25, 0.3) is 0 Å². The van der Waals surface area contributed by atoms with Crippen LogP contribution in [0.3, 0.4) is 0 Å². The molecule has 0 atom stereocenters. The van der Waals surface area contributed by atoms with Crippen LogP contribution >= 0.6 is 0 Å². The van der Waals surface area contributed by atoms with Crippen LogP contribution in [0.15, 0.2) is 11.8 Å². The molecule has 1 N–H and O–H groups in total. The van der Waals surface area contributed by atoms with Crippen molar-refractivity contribution in [1.29, 1.82) is 0 Å². The van der Waals surface area contributed by atoms with E-state index in [-0.39, 0.29) is 0 Å². The van der Waals surface area contributed by atoms with Crippen LogP contribution in [-0.2, 0) is 7.05 Å². The van der Waals surface area contributed by atoms with E-state index in [0.29, 0.717) is 5.92 Å². The number of nitrogens with one attached hydrogen (secondary N) is 1. The molecule has 0 spiro atoms. The van der Waals surface area contributed by atoms with Gasteiger partial charge >= 0.3 is 0 Å². The summed E-state index contributed by atoms with van der Waals surface area (Å²) >= 11 is 0. The molecular weight excluding hydrogens is 210 g/mol. The fourth-order valence-corrected chi connectivity index (χ4v) is 1.78. The Balaban J connectivity index is 2.63. The van der Waals surface area contributed by atoms with Crippen molar-refractivity contribution in [3.63, 3.8) is 0 Å². The molecule has 0 radical (unpaired) electrons. The summed E-state index contributed by atoms with van der Waals surface area (Å²) < 4.78 is 1.87. The number of rotatable bonds is 6. The van der Waals surface area contributed by atoms with Crippen molar-refractivity contribution in [3.05, 3.63) is 23.0 Å². The predicted molar refractivity (Wildman–Crippen MR) is 73.9 cm³/mol. The maximum atomic E-state index is 4.36. The second-order valence-electron chi connectivity index (χ2n) is 5.02. The Morgan fingerprint density at radius 3 is 2.71 bits per heavy atom. The molecule has 0 unspecified atom stereocenters. The third-order valence-electron chi connectivity index (χ3n) is 2.77. The molecule has 1 heterocycles. The number of aromatic nitrogens is 2. The van der Waals surface area contributed by atoms with Crippen LogP contribution in [0.25, 0.3) is 6.08 Å². The lowest BCUT2D eigenvalue weighted by molar-refractivity contribution is 0.569. The van der Waals surface area contributed by atoms with Gasteiger partial charge in [-0.1, -0.05) is 32.4 Å². The zero-order valence-electron chi connectivity index (χ0n) is 11.7. The van der Waals surface area contributed by atoms with E-state index < -0.39 is 0 Å². The molecule has 3 nitrogen and oxygen atoms in total. The summed E-state index contributed by atoms with van der Waals surface area (Å²) in [7, 11) is 1.97. The van der Waals surface area contributed by atoms with Gasteiger partial charge in [-0.2, -0.15) is 5.10 Å². The number of nitrogens with zero attached hydrogens (tertiary/aromatic N) is 2. The van der Waals surface area contributed by atoms with E-state index in [9.17, 15) is 0 Å². The Morgan fingerprint density at radius 2 is 2.24 bits per heavy atom. The van der Waals surface area contributed by atoms with Crippen LogP contribution in [0.2, 0.25) is 0 Å². The van der Waals surface area contributed by atoms with Gasteiger partial charge < -0.3 is 5.32 Å². The van der Waals surface area contributed by atoms with Crippen LogP contribution in [0, 0.1) is 12.8 Å². The third-order valence-corrected chi connectivity index (χ3v) is 2.77.